The molecule has 0 aliphatic carbocycles. The SMILES string of the molecule is Cl.N=C1OC(c2ccccc2)C2CCCCN12. The van der Waals surface area contributed by atoms with E-state index in [4.69, 9.17) is 10.1 Å². The summed E-state index contributed by atoms with van der Waals surface area (Å²) < 4.78 is 5.70. The number of rotatable bonds is 1. The molecule has 0 aromatic heterocycles. The number of piperidine rings is 1. The van der Waals surface area contributed by atoms with Gasteiger partial charge in [-0.05, 0) is 24.8 Å². The molecule has 2 fully saturated rings. The normalized spacial score (nSPS) is 27.1. The second-order valence-corrected chi connectivity index (χ2v) is 4.51. The van der Waals surface area contributed by atoms with Gasteiger partial charge in [-0.1, -0.05) is 30.3 Å². The van der Waals surface area contributed by atoms with Gasteiger partial charge >= 0.3 is 0 Å². The van der Waals surface area contributed by atoms with Crippen molar-refractivity contribution in [3.8, 4) is 0 Å². The standard InChI is InChI=1S/C13H16N2O.ClH/c14-13-15-9-5-4-8-11(15)12(16-13)10-6-2-1-3-7-10;/h1-3,6-7,11-12,14H,4-5,8-9H2;1H. The molecule has 17 heavy (non-hydrogen) atoms. The van der Waals surface area contributed by atoms with Gasteiger partial charge in [0.05, 0.1) is 6.04 Å². The number of hydrogen-bond acceptors (Lipinski definition) is 2. The molecule has 2 aliphatic rings. The molecule has 2 heterocycles. The van der Waals surface area contributed by atoms with Crippen LogP contribution in [0.5, 0.6) is 0 Å². The summed E-state index contributed by atoms with van der Waals surface area (Å²) in [6.07, 6.45) is 3.64. The molecule has 2 atom stereocenters. The fourth-order valence-corrected chi connectivity index (χ4v) is 2.72. The summed E-state index contributed by atoms with van der Waals surface area (Å²) in [5, 5.41) is 7.86. The van der Waals surface area contributed by atoms with Gasteiger partial charge < -0.3 is 9.64 Å². The summed E-state index contributed by atoms with van der Waals surface area (Å²) in [7, 11) is 0. The minimum atomic E-state index is 0. The molecular weight excluding hydrogens is 236 g/mol. The Hall–Kier alpha value is -1.22. The van der Waals surface area contributed by atoms with Gasteiger partial charge in [0.2, 0.25) is 0 Å². The van der Waals surface area contributed by atoms with Crippen LogP contribution in [0.15, 0.2) is 30.3 Å². The molecular formula is C13H17ClN2O. The second-order valence-electron chi connectivity index (χ2n) is 4.51. The van der Waals surface area contributed by atoms with Gasteiger partial charge in [0.15, 0.2) is 0 Å². The number of nitrogens with zero attached hydrogens (tertiary/aromatic N) is 1. The van der Waals surface area contributed by atoms with Crippen molar-refractivity contribution in [2.75, 3.05) is 6.54 Å². The van der Waals surface area contributed by atoms with E-state index in [0.717, 1.165) is 13.0 Å². The molecule has 1 aromatic rings. The van der Waals surface area contributed by atoms with Crippen LogP contribution in [0.1, 0.15) is 30.9 Å². The van der Waals surface area contributed by atoms with E-state index in [2.05, 4.69) is 17.0 Å². The zero-order valence-electron chi connectivity index (χ0n) is 9.63. The number of amidine groups is 1. The first-order valence-corrected chi connectivity index (χ1v) is 5.93. The third-order valence-electron chi connectivity index (χ3n) is 3.53. The molecule has 4 heteroatoms. The molecule has 3 rings (SSSR count). The van der Waals surface area contributed by atoms with E-state index >= 15 is 0 Å². The molecule has 2 unspecified atom stereocenters. The predicted molar refractivity (Wildman–Crippen MR) is 69.6 cm³/mol. The van der Waals surface area contributed by atoms with Gasteiger partial charge in [0.25, 0.3) is 6.02 Å². The Balaban J connectivity index is 0.00000108. The minimum Gasteiger partial charge on any atom is -0.455 e. The summed E-state index contributed by atoms with van der Waals surface area (Å²) in [5.41, 5.74) is 1.20. The van der Waals surface area contributed by atoms with Crippen molar-refractivity contribution in [1.82, 2.24) is 4.90 Å². The van der Waals surface area contributed by atoms with Gasteiger partial charge in [-0.15, -0.1) is 12.4 Å². The minimum absolute atomic E-state index is 0. The zero-order valence-corrected chi connectivity index (χ0v) is 10.5. The van der Waals surface area contributed by atoms with Crippen LogP contribution in [-0.4, -0.2) is 23.5 Å². The quantitative estimate of drug-likeness (QED) is 0.834. The number of nitrogens with one attached hydrogen (secondary N) is 1. The Morgan fingerprint density at radius 2 is 1.94 bits per heavy atom. The Morgan fingerprint density at radius 1 is 1.18 bits per heavy atom. The van der Waals surface area contributed by atoms with Crippen molar-refractivity contribution in [1.29, 1.82) is 5.41 Å². The molecule has 2 aliphatic heterocycles. The van der Waals surface area contributed by atoms with E-state index in [-0.39, 0.29) is 18.5 Å². The highest BCUT2D eigenvalue weighted by Gasteiger charge is 2.41. The lowest BCUT2D eigenvalue weighted by Gasteiger charge is -2.29. The first-order chi connectivity index (χ1) is 7.86. The lowest BCUT2D eigenvalue weighted by atomic mass is 9.94. The van der Waals surface area contributed by atoms with Crippen LogP contribution in [0, 0.1) is 5.41 Å². The molecule has 0 bridgehead atoms. The van der Waals surface area contributed by atoms with Gasteiger partial charge in [-0.25, -0.2) is 0 Å². The number of fused-ring (bicyclic) bond motifs is 1. The van der Waals surface area contributed by atoms with Crippen molar-refractivity contribution in [2.24, 2.45) is 0 Å². The molecule has 3 nitrogen and oxygen atoms in total. The van der Waals surface area contributed by atoms with Crippen molar-refractivity contribution >= 4 is 18.4 Å². The molecule has 0 spiro atoms. The van der Waals surface area contributed by atoms with E-state index in [0.29, 0.717) is 12.1 Å². The Labute approximate surface area is 108 Å². The van der Waals surface area contributed by atoms with E-state index < -0.39 is 0 Å². The predicted octanol–water partition coefficient (Wildman–Crippen LogP) is 2.97. The Kier molecular flexibility index (Phi) is 3.57. The van der Waals surface area contributed by atoms with Crippen LogP contribution in [0.4, 0.5) is 0 Å². The maximum atomic E-state index is 7.86. The van der Waals surface area contributed by atoms with Crippen LogP contribution < -0.4 is 0 Å². The summed E-state index contributed by atoms with van der Waals surface area (Å²) in [5.74, 6) is 0. The highest BCUT2D eigenvalue weighted by Crippen LogP contribution is 2.37. The molecule has 1 aromatic carbocycles. The summed E-state index contributed by atoms with van der Waals surface area (Å²) in [4.78, 5) is 2.11. The van der Waals surface area contributed by atoms with E-state index in [1.54, 1.807) is 0 Å². The van der Waals surface area contributed by atoms with Crippen LogP contribution in [0.3, 0.4) is 0 Å². The average Bonchev–Trinajstić information content (AvgIpc) is 2.69. The van der Waals surface area contributed by atoms with Crippen molar-refractivity contribution < 1.29 is 4.74 Å². The van der Waals surface area contributed by atoms with E-state index in [1.807, 2.05) is 18.2 Å². The smallest absolute Gasteiger partial charge is 0.285 e. The Bertz CT molecular complexity index is 396. The second kappa shape index (κ2) is 4.96. The third kappa shape index (κ3) is 2.12. The number of hydrogen-bond donors (Lipinski definition) is 1. The number of ether oxygens (including phenoxy) is 1. The van der Waals surface area contributed by atoms with Gasteiger partial charge in [-0.2, -0.15) is 0 Å². The van der Waals surface area contributed by atoms with Crippen LogP contribution in [0.2, 0.25) is 0 Å². The lowest BCUT2D eigenvalue weighted by molar-refractivity contribution is 0.167. The fourth-order valence-electron chi connectivity index (χ4n) is 2.72. The molecule has 0 radical (unpaired) electrons. The van der Waals surface area contributed by atoms with Gasteiger partial charge in [0.1, 0.15) is 6.10 Å². The number of benzene rings is 1. The monoisotopic (exact) mass is 252 g/mol. The lowest BCUT2D eigenvalue weighted by Crippen LogP contribution is -2.38. The van der Waals surface area contributed by atoms with Crippen molar-refractivity contribution in [3.63, 3.8) is 0 Å². The zero-order chi connectivity index (χ0) is 11.0. The highest BCUT2D eigenvalue weighted by atomic mass is 35.5. The average molecular weight is 253 g/mol. The molecule has 1 N–H and O–H groups in total. The maximum absolute atomic E-state index is 7.86. The Morgan fingerprint density at radius 3 is 2.71 bits per heavy atom. The summed E-state index contributed by atoms with van der Waals surface area (Å²) in [6, 6.07) is 11.0. The van der Waals surface area contributed by atoms with E-state index in [9.17, 15) is 0 Å². The van der Waals surface area contributed by atoms with Gasteiger partial charge in [0, 0.05) is 6.54 Å². The molecule has 92 valence electrons. The third-order valence-corrected chi connectivity index (χ3v) is 3.53. The van der Waals surface area contributed by atoms with Gasteiger partial charge in [-0.3, -0.25) is 5.41 Å². The number of halogens is 1. The van der Waals surface area contributed by atoms with Crippen molar-refractivity contribution in [2.45, 2.75) is 31.4 Å². The van der Waals surface area contributed by atoms with Crippen molar-refractivity contribution in [3.05, 3.63) is 35.9 Å². The molecule has 0 saturated carbocycles. The summed E-state index contributed by atoms with van der Waals surface area (Å²) in [6.45, 7) is 0.979. The highest BCUT2D eigenvalue weighted by molar-refractivity contribution is 5.85. The molecule has 0 amide bonds. The van der Waals surface area contributed by atoms with E-state index in [1.165, 1.54) is 18.4 Å². The maximum Gasteiger partial charge on any atom is 0.285 e. The largest absolute Gasteiger partial charge is 0.455 e. The van der Waals surface area contributed by atoms with Crippen LogP contribution in [0.25, 0.3) is 0 Å². The van der Waals surface area contributed by atoms with Crippen LogP contribution >= 0.6 is 12.4 Å². The fraction of sp³-hybridized carbons (Fsp3) is 0.462. The first kappa shape index (κ1) is 12.2. The molecule has 2 saturated heterocycles. The first-order valence-electron chi connectivity index (χ1n) is 5.93. The van der Waals surface area contributed by atoms with Crippen LogP contribution in [-0.2, 0) is 4.74 Å². The summed E-state index contributed by atoms with van der Waals surface area (Å²) >= 11 is 0. The topological polar surface area (TPSA) is 36.3 Å².